The molecule has 3 aromatic heterocycles. The summed E-state index contributed by atoms with van der Waals surface area (Å²) in [7, 11) is 0. The molecule has 3 aromatic rings. The van der Waals surface area contributed by atoms with Crippen molar-refractivity contribution in [2.24, 2.45) is 0 Å². The summed E-state index contributed by atoms with van der Waals surface area (Å²) < 4.78 is 5.23. The van der Waals surface area contributed by atoms with Crippen LogP contribution >= 0.6 is 11.3 Å². The molecule has 0 radical (unpaired) electrons. The summed E-state index contributed by atoms with van der Waals surface area (Å²) in [5.74, 6) is 2.29. The van der Waals surface area contributed by atoms with Crippen LogP contribution in [0.15, 0.2) is 41.2 Å². The molecule has 1 fully saturated rings. The van der Waals surface area contributed by atoms with Gasteiger partial charge in [-0.3, -0.25) is 4.79 Å². The molecule has 1 aliphatic rings. The van der Waals surface area contributed by atoms with Gasteiger partial charge in [0, 0.05) is 42.2 Å². The standard InChI is InChI=1S/C20H21N5O2S/c1-13-11-21-20(28-13)24-18-10-17(22-14(2)23-18)15-7-8-25(12-15)19(26)6-5-16-4-3-9-27-16/h3-6,9-11,15H,7-8,12H2,1-2H3,(H,21,22,23,24)/b6-5+/t15-/m1/s1. The largest absolute Gasteiger partial charge is 0.465 e. The highest BCUT2D eigenvalue weighted by molar-refractivity contribution is 7.15. The molecule has 144 valence electrons. The number of nitrogens with zero attached hydrogens (tertiary/aromatic N) is 4. The van der Waals surface area contributed by atoms with Gasteiger partial charge >= 0.3 is 0 Å². The van der Waals surface area contributed by atoms with Crippen molar-refractivity contribution in [2.45, 2.75) is 26.2 Å². The summed E-state index contributed by atoms with van der Waals surface area (Å²) in [6, 6.07) is 5.58. The van der Waals surface area contributed by atoms with E-state index in [1.54, 1.807) is 35.8 Å². The van der Waals surface area contributed by atoms with E-state index in [2.05, 4.69) is 20.3 Å². The minimum Gasteiger partial charge on any atom is -0.465 e. The van der Waals surface area contributed by atoms with E-state index in [0.717, 1.165) is 27.9 Å². The molecular formula is C20H21N5O2S. The Kier molecular flexibility index (Phi) is 5.21. The molecule has 0 bridgehead atoms. The van der Waals surface area contributed by atoms with Crippen LogP contribution in [0.1, 0.15) is 34.5 Å². The Morgan fingerprint density at radius 2 is 2.29 bits per heavy atom. The summed E-state index contributed by atoms with van der Waals surface area (Å²) in [5.41, 5.74) is 0.952. The Bertz CT molecular complexity index is 996. The van der Waals surface area contributed by atoms with Crippen LogP contribution in [0.3, 0.4) is 0 Å². The van der Waals surface area contributed by atoms with Crippen LogP contribution in [0.5, 0.6) is 0 Å². The number of likely N-dealkylation sites (tertiary alicyclic amines) is 1. The predicted molar refractivity (Wildman–Crippen MR) is 109 cm³/mol. The number of hydrogen-bond acceptors (Lipinski definition) is 7. The Morgan fingerprint density at radius 1 is 1.39 bits per heavy atom. The topological polar surface area (TPSA) is 84.2 Å². The maximum atomic E-state index is 12.4. The van der Waals surface area contributed by atoms with Crippen molar-refractivity contribution in [3.05, 3.63) is 58.9 Å². The van der Waals surface area contributed by atoms with Gasteiger partial charge in [-0.2, -0.15) is 0 Å². The van der Waals surface area contributed by atoms with E-state index in [4.69, 9.17) is 4.42 Å². The highest BCUT2D eigenvalue weighted by atomic mass is 32.1. The van der Waals surface area contributed by atoms with Crippen LogP contribution in [-0.4, -0.2) is 38.8 Å². The summed E-state index contributed by atoms with van der Waals surface area (Å²) in [4.78, 5) is 28.8. The van der Waals surface area contributed by atoms with E-state index in [1.165, 1.54) is 0 Å². The molecule has 7 nitrogen and oxygen atoms in total. The number of rotatable bonds is 5. The summed E-state index contributed by atoms with van der Waals surface area (Å²) >= 11 is 1.58. The fourth-order valence-electron chi connectivity index (χ4n) is 3.23. The molecule has 4 rings (SSSR count). The molecule has 0 spiro atoms. The number of aromatic nitrogens is 3. The fourth-order valence-corrected chi connectivity index (χ4v) is 3.90. The van der Waals surface area contributed by atoms with E-state index in [-0.39, 0.29) is 11.8 Å². The average molecular weight is 395 g/mol. The monoisotopic (exact) mass is 395 g/mol. The number of nitrogens with one attached hydrogen (secondary N) is 1. The first-order valence-electron chi connectivity index (χ1n) is 9.12. The molecule has 1 saturated heterocycles. The zero-order valence-corrected chi connectivity index (χ0v) is 16.6. The van der Waals surface area contributed by atoms with E-state index < -0.39 is 0 Å². The van der Waals surface area contributed by atoms with Crippen molar-refractivity contribution in [3.63, 3.8) is 0 Å². The molecule has 1 atom stereocenters. The Balaban J connectivity index is 1.44. The van der Waals surface area contributed by atoms with Crippen LogP contribution in [0.2, 0.25) is 0 Å². The maximum absolute atomic E-state index is 12.4. The predicted octanol–water partition coefficient (Wildman–Crippen LogP) is 3.92. The van der Waals surface area contributed by atoms with Crippen molar-refractivity contribution in [1.29, 1.82) is 0 Å². The van der Waals surface area contributed by atoms with Crippen LogP contribution in [0.4, 0.5) is 10.9 Å². The average Bonchev–Trinajstić information content (AvgIpc) is 3.41. The minimum absolute atomic E-state index is 0.0127. The lowest BCUT2D eigenvalue weighted by Crippen LogP contribution is -2.26. The van der Waals surface area contributed by atoms with E-state index in [9.17, 15) is 4.79 Å². The number of aryl methyl sites for hydroxylation is 2. The summed E-state index contributed by atoms with van der Waals surface area (Å²) in [6.45, 7) is 5.26. The van der Waals surface area contributed by atoms with Crippen molar-refractivity contribution < 1.29 is 9.21 Å². The molecule has 1 amide bonds. The highest BCUT2D eigenvalue weighted by Crippen LogP contribution is 2.29. The van der Waals surface area contributed by atoms with Gasteiger partial charge in [-0.05, 0) is 38.5 Å². The van der Waals surface area contributed by atoms with Gasteiger partial charge in [0.05, 0.1) is 12.0 Å². The fraction of sp³-hybridized carbons (Fsp3) is 0.300. The van der Waals surface area contributed by atoms with E-state index in [0.29, 0.717) is 24.7 Å². The van der Waals surface area contributed by atoms with Gasteiger partial charge in [0.2, 0.25) is 5.91 Å². The van der Waals surface area contributed by atoms with Crippen molar-refractivity contribution in [1.82, 2.24) is 19.9 Å². The molecule has 1 aliphatic heterocycles. The lowest BCUT2D eigenvalue weighted by molar-refractivity contribution is -0.124. The number of hydrogen-bond donors (Lipinski definition) is 1. The van der Waals surface area contributed by atoms with Crippen LogP contribution in [0, 0.1) is 13.8 Å². The minimum atomic E-state index is -0.0127. The second kappa shape index (κ2) is 7.93. The van der Waals surface area contributed by atoms with Gasteiger partial charge < -0.3 is 14.6 Å². The Morgan fingerprint density at radius 3 is 3.04 bits per heavy atom. The first kappa shape index (κ1) is 18.4. The molecule has 0 saturated carbocycles. The zero-order chi connectivity index (χ0) is 19.5. The van der Waals surface area contributed by atoms with Crippen LogP contribution in [-0.2, 0) is 4.79 Å². The number of anilines is 2. The molecule has 8 heteroatoms. The lowest BCUT2D eigenvalue weighted by atomic mass is 10.0. The zero-order valence-electron chi connectivity index (χ0n) is 15.8. The van der Waals surface area contributed by atoms with Crippen LogP contribution in [0.25, 0.3) is 6.08 Å². The normalized spacial score (nSPS) is 16.8. The number of amides is 1. The highest BCUT2D eigenvalue weighted by Gasteiger charge is 2.27. The first-order chi connectivity index (χ1) is 13.6. The number of carbonyl (C=O) groups excluding carboxylic acids is 1. The molecule has 28 heavy (non-hydrogen) atoms. The molecule has 0 unspecified atom stereocenters. The van der Waals surface area contributed by atoms with Crippen LogP contribution < -0.4 is 5.32 Å². The van der Waals surface area contributed by atoms with Gasteiger partial charge in [-0.25, -0.2) is 15.0 Å². The molecule has 4 heterocycles. The summed E-state index contributed by atoms with van der Waals surface area (Å²) in [6.07, 6.45) is 7.56. The Labute approximate surface area is 167 Å². The molecule has 0 aliphatic carbocycles. The Hall–Kier alpha value is -3.00. The third kappa shape index (κ3) is 4.28. The quantitative estimate of drug-likeness (QED) is 0.659. The molecular weight excluding hydrogens is 374 g/mol. The second-order valence-corrected chi connectivity index (χ2v) is 7.98. The lowest BCUT2D eigenvalue weighted by Gasteiger charge is -2.15. The van der Waals surface area contributed by atoms with E-state index in [1.807, 2.05) is 37.1 Å². The SMILES string of the molecule is Cc1nc(Nc2ncc(C)s2)cc([C@@H]2CCN(C(=O)/C=C/c3ccco3)C2)n1. The van der Waals surface area contributed by atoms with Gasteiger partial charge in [0.25, 0.3) is 0 Å². The molecule has 0 aromatic carbocycles. The number of thiazole rings is 1. The van der Waals surface area contributed by atoms with Gasteiger partial charge in [-0.15, -0.1) is 11.3 Å². The van der Waals surface area contributed by atoms with Crippen molar-refractivity contribution >= 4 is 34.3 Å². The smallest absolute Gasteiger partial charge is 0.246 e. The van der Waals surface area contributed by atoms with Gasteiger partial charge in [0.1, 0.15) is 17.4 Å². The van der Waals surface area contributed by atoms with Gasteiger partial charge in [0.15, 0.2) is 5.13 Å². The molecule has 1 N–H and O–H groups in total. The second-order valence-electron chi connectivity index (χ2n) is 6.74. The van der Waals surface area contributed by atoms with Crippen molar-refractivity contribution in [2.75, 3.05) is 18.4 Å². The third-order valence-corrected chi connectivity index (χ3v) is 5.39. The maximum Gasteiger partial charge on any atom is 0.246 e. The van der Waals surface area contributed by atoms with Crippen molar-refractivity contribution in [3.8, 4) is 0 Å². The van der Waals surface area contributed by atoms with Gasteiger partial charge in [-0.1, -0.05) is 0 Å². The number of carbonyl (C=O) groups is 1. The summed E-state index contributed by atoms with van der Waals surface area (Å²) in [5, 5.41) is 4.07. The third-order valence-electron chi connectivity index (χ3n) is 4.57. The first-order valence-corrected chi connectivity index (χ1v) is 9.94. The van der Waals surface area contributed by atoms with E-state index >= 15 is 0 Å². The number of furan rings is 1.